The van der Waals surface area contributed by atoms with Crippen LogP contribution in [0.2, 0.25) is 0 Å². The molecule has 0 bridgehead atoms. The molecule has 112 valence electrons. The van der Waals surface area contributed by atoms with Gasteiger partial charge in [-0.25, -0.2) is 4.98 Å². The van der Waals surface area contributed by atoms with Crippen molar-refractivity contribution in [2.24, 2.45) is 5.92 Å². The van der Waals surface area contributed by atoms with Crippen LogP contribution < -0.4 is 10.1 Å². The first-order chi connectivity index (χ1) is 9.83. The topological polar surface area (TPSA) is 34.1 Å². The molecular formula is C17H28N2O. The highest BCUT2D eigenvalue weighted by Crippen LogP contribution is 2.29. The van der Waals surface area contributed by atoms with Gasteiger partial charge in [0, 0.05) is 18.8 Å². The first-order valence-electron chi connectivity index (χ1n) is 8.15. The Labute approximate surface area is 123 Å². The normalized spacial score (nSPS) is 22.7. The minimum Gasteiger partial charge on any atom is -0.474 e. The zero-order valence-corrected chi connectivity index (χ0v) is 12.9. The van der Waals surface area contributed by atoms with Crippen LogP contribution in [0.15, 0.2) is 18.3 Å². The van der Waals surface area contributed by atoms with Crippen molar-refractivity contribution >= 4 is 0 Å². The standard InChI is InChI=1S/C17H28N2O/c1-3-11-18-12-14-9-10-17(19-13-14)20-16-8-6-5-7-15(16)4-2/h9-10,13,15-16,18H,3-8,11-12H2,1-2H3. The summed E-state index contributed by atoms with van der Waals surface area (Å²) >= 11 is 0. The van der Waals surface area contributed by atoms with Crippen LogP contribution in [0.3, 0.4) is 0 Å². The number of hydrogen-bond acceptors (Lipinski definition) is 3. The highest BCUT2D eigenvalue weighted by atomic mass is 16.5. The third kappa shape index (κ3) is 4.48. The van der Waals surface area contributed by atoms with Gasteiger partial charge in [0.1, 0.15) is 6.10 Å². The largest absolute Gasteiger partial charge is 0.474 e. The summed E-state index contributed by atoms with van der Waals surface area (Å²) in [6.45, 7) is 6.39. The minimum atomic E-state index is 0.366. The summed E-state index contributed by atoms with van der Waals surface area (Å²) in [5.74, 6) is 1.49. The van der Waals surface area contributed by atoms with E-state index in [9.17, 15) is 0 Å². The molecule has 0 amide bonds. The first kappa shape index (κ1) is 15.3. The Morgan fingerprint density at radius 1 is 1.25 bits per heavy atom. The molecule has 2 rings (SSSR count). The maximum Gasteiger partial charge on any atom is 0.213 e. The third-order valence-electron chi connectivity index (χ3n) is 4.19. The van der Waals surface area contributed by atoms with E-state index in [1.807, 2.05) is 12.3 Å². The van der Waals surface area contributed by atoms with E-state index in [0.29, 0.717) is 12.0 Å². The van der Waals surface area contributed by atoms with Crippen LogP contribution in [0.4, 0.5) is 0 Å². The molecule has 1 aromatic heterocycles. The number of ether oxygens (including phenoxy) is 1. The fourth-order valence-corrected chi connectivity index (χ4v) is 2.95. The Hall–Kier alpha value is -1.09. The molecule has 1 aliphatic rings. The van der Waals surface area contributed by atoms with Crippen molar-refractivity contribution in [2.45, 2.75) is 65.0 Å². The van der Waals surface area contributed by atoms with Crippen molar-refractivity contribution in [2.75, 3.05) is 6.54 Å². The number of nitrogens with one attached hydrogen (secondary N) is 1. The lowest BCUT2D eigenvalue weighted by Crippen LogP contribution is -2.30. The second kappa shape index (κ2) is 8.25. The molecule has 0 aromatic carbocycles. The predicted octanol–water partition coefficient (Wildman–Crippen LogP) is 3.93. The third-order valence-corrected chi connectivity index (χ3v) is 4.19. The second-order valence-electron chi connectivity index (χ2n) is 5.79. The van der Waals surface area contributed by atoms with E-state index in [1.165, 1.54) is 37.7 Å². The van der Waals surface area contributed by atoms with Gasteiger partial charge in [0.2, 0.25) is 5.88 Å². The molecule has 1 aromatic rings. The Morgan fingerprint density at radius 2 is 2.10 bits per heavy atom. The van der Waals surface area contributed by atoms with Crippen LogP contribution in [-0.4, -0.2) is 17.6 Å². The fraction of sp³-hybridized carbons (Fsp3) is 0.706. The highest BCUT2D eigenvalue weighted by molar-refractivity contribution is 5.18. The molecule has 1 heterocycles. The predicted molar refractivity (Wildman–Crippen MR) is 82.9 cm³/mol. The Morgan fingerprint density at radius 3 is 2.80 bits per heavy atom. The molecule has 1 saturated carbocycles. The molecule has 0 aliphatic heterocycles. The lowest BCUT2D eigenvalue weighted by molar-refractivity contribution is 0.0858. The van der Waals surface area contributed by atoms with E-state index < -0.39 is 0 Å². The minimum absolute atomic E-state index is 0.366. The summed E-state index contributed by atoms with van der Waals surface area (Å²) in [6, 6.07) is 4.14. The summed E-state index contributed by atoms with van der Waals surface area (Å²) in [6.07, 6.45) is 9.80. The van der Waals surface area contributed by atoms with Crippen LogP contribution in [0.5, 0.6) is 5.88 Å². The zero-order valence-electron chi connectivity index (χ0n) is 12.9. The van der Waals surface area contributed by atoms with Gasteiger partial charge in [0.05, 0.1) is 0 Å². The number of rotatable bonds is 7. The molecular weight excluding hydrogens is 248 g/mol. The summed E-state index contributed by atoms with van der Waals surface area (Å²) in [5.41, 5.74) is 1.22. The summed E-state index contributed by atoms with van der Waals surface area (Å²) in [4.78, 5) is 4.46. The molecule has 2 unspecified atom stereocenters. The van der Waals surface area contributed by atoms with Crippen LogP contribution in [0.25, 0.3) is 0 Å². The van der Waals surface area contributed by atoms with Crippen molar-refractivity contribution in [3.63, 3.8) is 0 Å². The quantitative estimate of drug-likeness (QED) is 0.766. The van der Waals surface area contributed by atoms with Gasteiger partial charge in [-0.3, -0.25) is 0 Å². The molecule has 3 nitrogen and oxygen atoms in total. The summed E-state index contributed by atoms with van der Waals surface area (Å²) in [5, 5.41) is 3.39. The lowest BCUT2D eigenvalue weighted by atomic mass is 9.85. The second-order valence-corrected chi connectivity index (χ2v) is 5.79. The van der Waals surface area contributed by atoms with Gasteiger partial charge in [-0.2, -0.15) is 0 Å². The van der Waals surface area contributed by atoms with Crippen molar-refractivity contribution in [1.82, 2.24) is 10.3 Å². The van der Waals surface area contributed by atoms with Crippen molar-refractivity contribution < 1.29 is 4.74 Å². The Bertz CT molecular complexity index is 377. The average Bonchev–Trinajstić information content (AvgIpc) is 2.50. The maximum atomic E-state index is 6.11. The van der Waals surface area contributed by atoms with E-state index >= 15 is 0 Å². The van der Waals surface area contributed by atoms with Crippen molar-refractivity contribution in [1.29, 1.82) is 0 Å². The lowest BCUT2D eigenvalue weighted by Gasteiger charge is -2.30. The highest BCUT2D eigenvalue weighted by Gasteiger charge is 2.25. The van der Waals surface area contributed by atoms with Gasteiger partial charge in [-0.15, -0.1) is 0 Å². The number of hydrogen-bond donors (Lipinski definition) is 1. The zero-order chi connectivity index (χ0) is 14.2. The summed E-state index contributed by atoms with van der Waals surface area (Å²) in [7, 11) is 0. The molecule has 1 N–H and O–H groups in total. The maximum absolute atomic E-state index is 6.11. The Balaban J connectivity index is 1.86. The molecule has 1 fully saturated rings. The molecule has 3 heteroatoms. The smallest absolute Gasteiger partial charge is 0.213 e. The van der Waals surface area contributed by atoms with E-state index in [1.54, 1.807) is 0 Å². The Kier molecular flexibility index (Phi) is 6.31. The van der Waals surface area contributed by atoms with E-state index in [0.717, 1.165) is 25.4 Å². The van der Waals surface area contributed by atoms with E-state index in [4.69, 9.17) is 4.74 Å². The SMILES string of the molecule is CCCNCc1ccc(OC2CCCCC2CC)nc1. The van der Waals surface area contributed by atoms with Crippen molar-refractivity contribution in [3.8, 4) is 5.88 Å². The average molecular weight is 276 g/mol. The molecule has 1 aliphatic carbocycles. The van der Waals surface area contributed by atoms with Gasteiger partial charge in [0.15, 0.2) is 0 Å². The van der Waals surface area contributed by atoms with Crippen LogP contribution in [0, 0.1) is 5.92 Å². The van der Waals surface area contributed by atoms with Gasteiger partial charge in [-0.05, 0) is 50.1 Å². The number of pyridine rings is 1. The molecule has 0 radical (unpaired) electrons. The van der Waals surface area contributed by atoms with Gasteiger partial charge in [0.25, 0.3) is 0 Å². The van der Waals surface area contributed by atoms with E-state index in [-0.39, 0.29) is 0 Å². The molecule has 20 heavy (non-hydrogen) atoms. The number of aromatic nitrogens is 1. The van der Waals surface area contributed by atoms with Crippen LogP contribution in [-0.2, 0) is 6.54 Å². The first-order valence-corrected chi connectivity index (χ1v) is 8.15. The van der Waals surface area contributed by atoms with E-state index in [2.05, 4.69) is 30.2 Å². The molecule has 2 atom stereocenters. The van der Waals surface area contributed by atoms with Crippen LogP contribution in [0.1, 0.15) is 57.9 Å². The molecule has 0 saturated heterocycles. The number of nitrogens with zero attached hydrogens (tertiary/aromatic N) is 1. The molecule has 0 spiro atoms. The summed E-state index contributed by atoms with van der Waals surface area (Å²) < 4.78 is 6.11. The fourth-order valence-electron chi connectivity index (χ4n) is 2.95. The van der Waals surface area contributed by atoms with Gasteiger partial charge in [-0.1, -0.05) is 26.3 Å². The van der Waals surface area contributed by atoms with Crippen molar-refractivity contribution in [3.05, 3.63) is 23.9 Å². The van der Waals surface area contributed by atoms with Crippen LogP contribution >= 0.6 is 0 Å². The monoisotopic (exact) mass is 276 g/mol. The van der Waals surface area contributed by atoms with Gasteiger partial charge >= 0.3 is 0 Å². The van der Waals surface area contributed by atoms with Gasteiger partial charge < -0.3 is 10.1 Å².